The number of ether oxygens (including phenoxy) is 3. The lowest BCUT2D eigenvalue weighted by Gasteiger charge is -2.34. The zero-order valence-corrected chi connectivity index (χ0v) is 19.8. The first-order valence-electron chi connectivity index (χ1n) is 11.9. The first kappa shape index (κ1) is 23.6. The Morgan fingerprint density at radius 3 is 2.53 bits per heavy atom. The molecule has 0 spiro atoms. The number of esters is 1. The second-order valence-electron chi connectivity index (χ2n) is 8.45. The van der Waals surface area contributed by atoms with Gasteiger partial charge in [0.05, 0.1) is 18.1 Å². The minimum atomic E-state index is -0.528. The number of dihydropyridines is 1. The Hall–Kier alpha value is -3.54. The number of hydrogen-bond acceptors (Lipinski definition) is 6. The van der Waals surface area contributed by atoms with E-state index in [0.29, 0.717) is 35.6 Å². The van der Waals surface area contributed by atoms with Crippen molar-refractivity contribution in [2.24, 2.45) is 0 Å². The summed E-state index contributed by atoms with van der Waals surface area (Å²) in [7, 11) is 0. The largest absolute Gasteiger partial charge is 0.493 e. The third-order valence-corrected chi connectivity index (χ3v) is 6.02. The number of ketones is 1. The zero-order valence-electron chi connectivity index (χ0n) is 19.8. The lowest BCUT2D eigenvalue weighted by atomic mass is 9.75. The molecule has 4 rings (SSSR count). The van der Waals surface area contributed by atoms with E-state index < -0.39 is 11.9 Å². The van der Waals surface area contributed by atoms with Gasteiger partial charge in [0.15, 0.2) is 5.78 Å². The molecular formula is C28H31NO5. The van der Waals surface area contributed by atoms with Crippen molar-refractivity contribution in [3.63, 3.8) is 0 Å². The summed E-state index contributed by atoms with van der Waals surface area (Å²) >= 11 is 0. The highest BCUT2D eigenvalue weighted by Gasteiger charge is 2.40. The van der Waals surface area contributed by atoms with Crippen molar-refractivity contribution in [3.05, 3.63) is 82.7 Å². The summed E-state index contributed by atoms with van der Waals surface area (Å²) in [5.41, 5.74) is 3.51. The molecule has 2 aromatic carbocycles. The maximum atomic E-state index is 13.4. The quantitative estimate of drug-likeness (QED) is 0.415. The molecule has 178 valence electrons. The Morgan fingerprint density at radius 1 is 0.971 bits per heavy atom. The molecule has 0 aromatic heterocycles. The van der Waals surface area contributed by atoms with Gasteiger partial charge >= 0.3 is 5.97 Å². The fourth-order valence-corrected chi connectivity index (χ4v) is 4.52. The molecule has 0 amide bonds. The summed E-state index contributed by atoms with van der Waals surface area (Å²) in [6.45, 7) is 4.81. The molecule has 34 heavy (non-hydrogen) atoms. The van der Waals surface area contributed by atoms with Gasteiger partial charge in [-0.1, -0.05) is 43.3 Å². The Labute approximate surface area is 200 Å². The predicted molar refractivity (Wildman–Crippen MR) is 130 cm³/mol. The van der Waals surface area contributed by atoms with Crippen LogP contribution in [0, 0.1) is 0 Å². The van der Waals surface area contributed by atoms with E-state index in [9.17, 15) is 9.59 Å². The maximum Gasteiger partial charge on any atom is 0.336 e. The van der Waals surface area contributed by atoms with Crippen LogP contribution < -0.4 is 14.8 Å². The van der Waals surface area contributed by atoms with E-state index in [1.165, 1.54) is 0 Å². The molecule has 0 fully saturated rings. The molecule has 0 radical (unpaired) electrons. The van der Waals surface area contributed by atoms with E-state index >= 15 is 0 Å². The molecular weight excluding hydrogens is 430 g/mol. The van der Waals surface area contributed by atoms with Crippen LogP contribution in [0.15, 0.2) is 77.1 Å². The highest BCUT2D eigenvalue weighted by Crippen LogP contribution is 2.45. The maximum absolute atomic E-state index is 13.4. The van der Waals surface area contributed by atoms with Crippen LogP contribution in [-0.4, -0.2) is 31.6 Å². The van der Waals surface area contributed by atoms with Gasteiger partial charge in [0.2, 0.25) is 0 Å². The summed E-state index contributed by atoms with van der Waals surface area (Å²) in [5, 5.41) is 3.32. The number of para-hydroxylation sites is 2. The van der Waals surface area contributed by atoms with Crippen molar-refractivity contribution in [1.29, 1.82) is 0 Å². The summed E-state index contributed by atoms with van der Waals surface area (Å²) in [6, 6.07) is 17.0. The lowest BCUT2D eigenvalue weighted by molar-refractivity contribution is -0.140. The summed E-state index contributed by atoms with van der Waals surface area (Å²) in [5.74, 6) is 0.485. The molecule has 0 saturated carbocycles. The second kappa shape index (κ2) is 11.1. The second-order valence-corrected chi connectivity index (χ2v) is 8.45. The fraction of sp³-hybridized carbons (Fsp3) is 0.357. The van der Waals surface area contributed by atoms with Gasteiger partial charge < -0.3 is 19.5 Å². The van der Waals surface area contributed by atoms with Crippen LogP contribution in [0.4, 0.5) is 0 Å². The zero-order chi connectivity index (χ0) is 23.9. The minimum absolute atomic E-state index is 0.0641. The van der Waals surface area contributed by atoms with E-state index in [1.54, 1.807) is 0 Å². The van der Waals surface area contributed by atoms with Crippen LogP contribution in [0.5, 0.6) is 11.5 Å². The standard InChI is InChI=1S/C28H31NO5/c1-3-16-33-24-15-8-7-12-21(24)26-25(19(2)29-22-13-9-14-23(30)27(22)26)28(31)34-18-17-32-20-10-5-4-6-11-20/h4-8,10-12,15,26,29H,3,9,13-14,16-18H2,1-2H3. The van der Waals surface area contributed by atoms with Crippen molar-refractivity contribution in [1.82, 2.24) is 5.32 Å². The normalized spacial score (nSPS) is 17.7. The average molecular weight is 462 g/mol. The fourth-order valence-electron chi connectivity index (χ4n) is 4.52. The van der Waals surface area contributed by atoms with E-state index in [4.69, 9.17) is 14.2 Å². The topological polar surface area (TPSA) is 73.9 Å². The molecule has 1 unspecified atom stereocenters. The van der Waals surface area contributed by atoms with Gasteiger partial charge in [-0.25, -0.2) is 4.79 Å². The van der Waals surface area contributed by atoms with Crippen LogP contribution in [0.2, 0.25) is 0 Å². The molecule has 2 aliphatic rings. The molecule has 0 bridgehead atoms. The van der Waals surface area contributed by atoms with E-state index in [-0.39, 0.29) is 19.0 Å². The molecule has 6 nitrogen and oxygen atoms in total. The van der Waals surface area contributed by atoms with Crippen molar-refractivity contribution >= 4 is 11.8 Å². The first-order valence-corrected chi connectivity index (χ1v) is 11.9. The third kappa shape index (κ3) is 5.16. The van der Waals surface area contributed by atoms with Gasteiger partial charge in [0, 0.05) is 29.0 Å². The van der Waals surface area contributed by atoms with Crippen LogP contribution in [0.1, 0.15) is 51.0 Å². The van der Waals surface area contributed by atoms with Crippen LogP contribution in [-0.2, 0) is 14.3 Å². The number of benzene rings is 2. The average Bonchev–Trinajstić information content (AvgIpc) is 2.85. The van der Waals surface area contributed by atoms with Crippen molar-refractivity contribution in [2.75, 3.05) is 19.8 Å². The predicted octanol–water partition coefficient (Wildman–Crippen LogP) is 5.07. The monoisotopic (exact) mass is 461 g/mol. The summed E-state index contributed by atoms with van der Waals surface area (Å²) in [4.78, 5) is 26.5. The molecule has 1 heterocycles. The smallest absolute Gasteiger partial charge is 0.336 e. The van der Waals surface area contributed by atoms with Crippen molar-refractivity contribution < 1.29 is 23.8 Å². The highest BCUT2D eigenvalue weighted by molar-refractivity contribution is 6.04. The summed E-state index contributed by atoms with van der Waals surface area (Å²) in [6.07, 6.45) is 2.91. The summed E-state index contributed by atoms with van der Waals surface area (Å²) < 4.78 is 17.3. The molecule has 2 aromatic rings. The SMILES string of the molecule is CCCOc1ccccc1C1C(C(=O)OCCOc2ccccc2)=C(C)NC2=C1C(=O)CCC2. The van der Waals surface area contributed by atoms with Crippen molar-refractivity contribution in [3.8, 4) is 11.5 Å². The van der Waals surface area contributed by atoms with Gasteiger partial charge in [-0.2, -0.15) is 0 Å². The molecule has 1 N–H and O–H groups in total. The van der Waals surface area contributed by atoms with Gasteiger partial charge in [-0.3, -0.25) is 4.79 Å². The van der Waals surface area contributed by atoms with Gasteiger partial charge in [-0.05, 0) is 44.4 Å². The van der Waals surface area contributed by atoms with E-state index in [1.807, 2.05) is 68.4 Å². The first-order chi connectivity index (χ1) is 16.6. The number of carbonyl (C=O) groups is 2. The van der Waals surface area contributed by atoms with Crippen LogP contribution in [0.3, 0.4) is 0 Å². The Bertz CT molecular complexity index is 1100. The van der Waals surface area contributed by atoms with Crippen LogP contribution in [0.25, 0.3) is 0 Å². The number of carbonyl (C=O) groups excluding carboxylic acids is 2. The number of hydrogen-bond donors (Lipinski definition) is 1. The van der Waals surface area contributed by atoms with Gasteiger partial charge in [-0.15, -0.1) is 0 Å². The molecule has 1 aliphatic carbocycles. The Morgan fingerprint density at radius 2 is 1.74 bits per heavy atom. The van der Waals surface area contributed by atoms with Gasteiger partial charge in [0.25, 0.3) is 0 Å². The number of rotatable bonds is 9. The van der Waals surface area contributed by atoms with Crippen LogP contribution >= 0.6 is 0 Å². The number of nitrogens with one attached hydrogen (secondary N) is 1. The molecule has 0 saturated heterocycles. The van der Waals surface area contributed by atoms with Crippen molar-refractivity contribution in [2.45, 2.75) is 45.4 Å². The molecule has 1 atom stereocenters. The molecule has 1 aliphatic heterocycles. The third-order valence-electron chi connectivity index (χ3n) is 6.02. The number of allylic oxidation sites excluding steroid dienone is 3. The number of Topliss-reactive ketones (excluding diaryl/α,β-unsaturated/α-hetero) is 1. The Balaban J connectivity index is 1.61. The molecule has 6 heteroatoms. The van der Waals surface area contributed by atoms with E-state index in [0.717, 1.165) is 36.3 Å². The Kier molecular flexibility index (Phi) is 7.68. The van der Waals surface area contributed by atoms with Gasteiger partial charge in [0.1, 0.15) is 24.7 Å². The van der Waals surface area contributed by atoms with E-state index in [2.05, 4.69) is 5.32 Å². The highest BCUT2D eigenvalue weighted by atomic mass is 16.6. The lowest BCUT2D eigenvalue weighted by Crippen LogP contribution is -2.34. The minimum Gasteiger partial charge on any atom is -0.493 e.